The number of ether oxygens (including phenoxy) is 2. The predicted octanol–water partition coefficient (Wildman–Crippen LogP) is 4.90. The van der Waals surface area contributed by atoms with E-state index in [9.17, 15) is 26.4 Å². The number of hydrogen-bond donors (Lipinski definition) is 0. The lowest BCUT2D eigenvalue weighted by Crippen LogP contribution is -2.28. The van der Waals surface area contributed by atoms with Crippen molar-refractivity contribution in [1.29, 1.82) is 0 Å². The first-order valence-electron chi connectivity index (χ1n) is 9.72. The molecule has 0 bridgehead atoms. The van der Waals surface area contributed by atoms with E-state index in [4.69, 9.17) is 13.7 Å². The Morgan fingerprint density at radius 1 is 1.00 bits per heavy atom. The van der Waals surface area contributed by atoms with E-state index in [2.05, 4.69) is 0 Å². The molecule has 0 saturated heterocycles. The molecule has 7 nitrogen and oxygen atoms in total. The van der Waals surface area contributed by atoms with Crippen LogP contribution < -0.4 is 4.74 Å². The minimum Gasteiger partial charge on any atom is -0.486 e. The van der Waals surface area contributed by atoms with Gasteiger partial charge in [-0.2, -0.15) is 8.42 Å². The van der Waals surface area contributed by atoms with Gasteiger partial charge in [0, 0.05) is 23.1 Å². The summed E-state index contributed by atoms with van der Waals surface area (Å²) in [4.78, 5) is 13.0. The van der Waals surface area contributed by atoms with Gasteiger partial charge in [-0.1, -0.05) is 0 Å². The molecule has 0 aliphatic heterocycles. The first-order valence-corrected chi connectivity index (χ1v) is 11.5. The van der Waals surface area contributed by atoms with Crippen molar-refractivity contribution in [2.45, 2.75) is 39.6 Å². The number of nitrogens with zero attached hydrogens (tertiary/aromatic N) is 1. The van der Waals surface area contributed by atoms with Gasteiger partial charge in [0.05, 0.1) is 11.9 Å². The lowest BCUT2D eigenvalue weighted by molar-refractivity contribution is 0.0534. The largest absolute Gasteiger partial charge is 0.486 e. The second kappa shape index (κ2) is 9.06. The number of halogens is 3. The minimum atomic E-state index is -3.85. The summed E-state index contributed by atoms with van der Waals surface area (Å²) in [6, 6.07) is 6.38. The van der Waals surface area contributed by atoms with Crippen molar-refractivity contribution in [3.8, 4) is 5.75 Å². The molecule has 0 spiro atoms. The van der Waals surface area contributed by atoms with Gasteiger partial charge in [-0.25, -0.2) is 22.5 Å². The maximum Gasteiger partial charge on any atom is 0.419 e. The third-order valence-electron chi connectivity index (χ3n) is 4.30. The number of carbonyl (C=O) groups excluding carboxylic acids is 1. The molecule has 33 heavy (non-hydrogen) atoms. The van der Waals surface area contributed by atoms with E-state index in [1.807, 2.05) is 0 Å². The number of aromatic nitrogens is 1. The van der Waals surface area contributed by atoms with Crippen LogP contribution in [0.25, 0.3) is 10.9 Å². The van der Waals surface area contributed by atoms with Gasteiger partial charge < -0.3 is 9.47 Å². The molecule has 0 amide bonds. The summed E-state index contributed by atoms with van der Waals surface area (Å²) in [6.45, 7) is 3.99. The van der Waals surface area contributed by atoms with Crippen molar-refractivity contribution in [1.82, 2.24) is 4.57 Å². The van der Waals surface area contributed by atoms with Crippen molar-refractivity contribution in [2.75, 3.05) is 6.26 Å². The van der Waals surface area contributed by atoms with Crippen LogP contribution in [0.2, 0.25) is 0 Å². The maximum atomic E-state index is 14.3. The van der Waals surface area contributed by atoms with Crippen molar-refractivity contribution in [3.63, 3.8) is 0 Å². The monoisotopic (exact) mass is 485 g/mol. The number of hydrogen-bond acceptors (Lipinski definition) is 6. The Morgan fingerprint density at radius 2 is 1.70 bits per heavy atom. The van der Waals surface area contributed by atoms with Crippen LogP contribution in [0.3, 0.4) is 0 Å². The summed E-state index contributed by atoms with van der Waals surface area (Å²) < 4.78 is 81.2. The normalized spacial score (nSPS) is 12.2. The highest BCUT2D eigenvalue weighted by atomic mass is 32.2. The summed E-state index contributed by atoms with van der Waals surface area (Å²) in [6.07, 6.45) is -0.0344. The average Bonchev–Trinajstić information content (AvgIpc) is 3.02. The Bertz CT molecular complexity index is 1310. The molecule has 0 aliphatic carbocycles. The van der Waals surface area contributed by atoms with Gasteiger partial charge in [0.25, 0.3) is 10.1 Å². The Kier molecular flexibility index (Phi) is 6.75. The Labute approximate surface area is 188 Å². The van der Waals surface area contributed by atoms with Crippen LogP contribution in [-0.4, -0.2) is 30.9 Å². The summed E-state index contributed by atoms with van der Waals surface area (Å²) in [5, 5.41) is 0.197. The average molecular weight is 485 g/mol. The van der Waals surface area contributed by atoms with Gasteiger partial charge in [0.2, 0.25) is 0 Å². The van der Waals surface area contributed by atoms with E-state index in [-0.39, 0.29) is 34.5 Å². The summed E-state index contributed by atoms with van der Waals surface area (Å²) in [5.74, 6) is -2.47. The first-order chi connectivity index (χ1) is 15.2. The Hall–Kier alpha value is -3.05. The molecule has 0 saturated carbocycles. The van der Waals surface area contributed by atoms with E-state index >= 15 is 0 Å². The van der Waals surface area contributed by atoms with Gasteiger partial charge in [-0.05, 0) is 45.0 Å². The van der Waals surface area contributed by atoms with Crippen LogP contribution >= 0.6 is 0 Å². The molecule has 0 aliphatic rings. The third kappa shape index (κ3) is 6.26. The predicted molar refractivity (Wildman–Crippen MR) is 114 cm³/mol. The molecule has 2 aromatic carbocycles. The molecular formula is C22H22F3NO6S. The summed E-state index contributed by atoms with van der Waals surface area (Å²) in [7, 11) is -3.85. The van der Waals surface area contributed by atoms with Gasteiger partial charge in [-0.15, -0.1) is 0 Å². The first kappa shape index (κ1) is 24.6. The van der Waals surface area contributed by atoms with Crippen molar-refractivity contribution < 1.29 is 40.0 Å². The topological polar surface area (TPSA) is 83.8 Å². The summed E-state index contributed by atoms with van der Waals surface area (Å²) in [5.41, 5.74) is -0.765. The molecule has 1 heterocycles. The fourth-order valence-electron chi connectivity index (χ4n) is 3.03. The van der Waals surface area contributed by atoms with Crippen molar-refractivity contribution in [3.05, 3.63) is 65.1 Å². The highest BCUT2D eigenvalue weighted by Crippen LogP contribution is 2.32. The fourth-order valence-corrected chi connectivity index (χ4v) is 3.36. The highest BCUT2D eigenvalue weighted by molar-refractivity contribution is 7.85. The Morgan fingerprint density at radius 3 is 2.30 bits per heavy atom. The van der Waals surface area contributed by atoms with E-state index in [0.29, 0.717) is 6.07 Å². The van der Waals surface area contributed by atoms with Crippen molar-refractivity contribution >= 4 is 27.1 Å². The van der Waals surface area contributed by atoms with E-state index in [1.165, 1.54) is 12.1 Å². The second-order valence-corrected chi connectivity index (χ2v) is 9.93. The molecule has 0 fully saturated rings. The molecule has 178 valence electrons. The zero-order valence-electron chi connectivity index (χ0n) is 18.3. The van der Waals surface area contributed by atoms with Gasteiger partial charge in [0.15, 0.2) is 0 Å². The van der Waals surface area contributed by atoms with E-state index in [1.54, 1.807) is 20.8 Å². The maximum absolute atomic E-state index is 14.3. The number of rotatable bonds is 6. The SMILES string of the molecule is CC(C)(C)OC(=O)n1c(COS(C)(=O)=O)cc2cc(F)cc(OCc3ccc(F)cc3F)c21. The number of fused-ring (bicyclic) bond motifs is 1. The molecule has 3 aromatic rings. The zero-order valence-corrected chi connectivity index (χ0v) is 19.1. The highest BCUT2D eigenvalue weighted by Gasteiger charge is 2.25. The zero-order chi connectivity index (χ0) is 24.6. The smallest absolute Gasteiger partial charge is 0.419 e. The van der Waals surface area contributed by atoms with Crippen LogP contribution in [-0.2, 0) is 32.3 Å². The van der Waals surface area contributed by atoms with Crippen LogP contribution in [0.5, 0.6) is 5.75 Å². The lowest BCUT2D eigenvalue weighted by Gasteiger charge is -2.21. The fraction of sp³-hybridized carbons (Fsp3) is 0.318. The molecule has 0 atom stereocenters. The van der Waals surface area contributed by atoms with Crippen LogP contribution in [0.4, 0.5) is 18.0 Å². The molecule has 11 heteroatoms. The van der Waals surface area contributed by atoms with E-state index in [0.717, 1.165) is 29.0 Å². The molecule has 1 aromatic heterocycles. The van der Waals surface area contributed by atoms with Gasteiger partial charge in [-0.3, -0.25) is 4.18 Å². The third-order valence-corrected chi connectivity index (χ3v) is 4.84. The lowest BCUT2D eigenvalue weighted by atomic mass is 10.2. The van der Waals surface area contributed by atoms with Crippen LogP contribution in [0.15, 0.2) is 36.4 Å². The van der Waals surface area contributed by atoms with E-state index < -0.39 is 45.9 Å². The van der Waals surface area contributed by atoms with Crippen molar-refractivity contribution in [2.24, 2.45) is 0 Å². The molecule has 0 N–H and O–H groups in total. The number of carbonyl (C=O) groups is 1. The quantitative estimate of drug-likeness (QED) is 0.462. The van der Waals surface area contributed by atoms with Gasteiger partial charge >= 0.3 is 6.09 Å². The van der Waals surface area contributed by atoms with Crippen LogP contribution in [0, 0.1) is 17.5 Å². The second-order valence-electron chi connectivity index (χ2n) is 8.28. The molecule has 0 unspecified atom stereocenters. The number of benzene rings is 2. The molecular weight excluding hydrogens is 463 g/mol. The Balaban J connectivity index is 2.10. The van der Waals surface area contributed by atoms with Crippen LogP contribution in [0.1, 0.15) is 32.0 Å². The summed E-state index contributed by atoms with van der Waals surface area (Å²) >= 11 is 0. The standard InChI is InChI=1S/C22H22F3NO6S/c1-22(2,3)32-21(27)26-17(12-31-33(4,28)29)8-14-7-16(24)10-19(20(14)26)30-11-13-5-6-15(23)9-18(13)25/h5-10H,11-12H2,1-4H3. The molecule has 3 rings (SSSR count). The minimum absolute atomic E-state index is 0.00446. The van der Waals surface area contributed by atoms with Gasteiger partial charge in [0.1, 0.15) is 47.5 Å². The molecule has 0 radical (unpaired) electrons.